The number of anilines is 1. The van der Waals surface area contributed by atoms with E-state index in [0.29, 0.717) is 11.7 Å². The van der Waals surface area contributed by atoms with Crippen molar-refractivity contribution in [3.05, 3.63) is 59.2 Å². The predicted molar refractivity (Wildman–Crippen MR) is 97.3 cm³/mol. The molecule has 0 bridgehead atoms. The van der Waals surface area contributed by atoms with Crippen molar-refractivity contribution < 1.29 is 13.6 Å². The summed E-state index contributed by atoms with van der Waals surface area (Å²) < 4.78 is 28.2. The van der Waals surface area contributed by atoms with Crippen molar-refractivity contribution in [2.75, 3.05) is 11.4 Å². The van der Waals surface area contributed by atoms with E-state index in [1.165, 1.54) is 22.3 Å². The van der Waals surface area contributed by atoms with Gasteiger partial charge in [0.15, 0.2) is 5.13 Å². The van der Waals surface area contributed by atoms with Crippen LogP contribution in [0.5, 0.6) is 0 Å². The van der Waals surface area contributed by atoms with Gasteiger partial charge in [-0.25, -0.2) is 13.8 Å². The van der Waals surface area contributed by atoms with E-state index in [9.17, 15) is 13.6 Å². The van der Waals surface area contributed by atoms with Gasteiger partial charge in [0.05, 0.1) is 15.8 Å². The fraction of sp³-hybridized carbons (Fsp3) is 0.263. The lowest BCUT2D eigenvalue weighted by molar-refractivity contribution is 0.0982. The van der Waals surface area contributed by atoms with Crippen molar-refractivity contribution in [2.24, 2.45) is 0 Å². The van der Waals surface area contributed by atoms with Crippen LogP contribution in [0.1, 0.15) is 35.7 Å². The monoisotopic (exact) mass is 360 g/mol. The number of thiazole rings is 1. The minimum Gasteiger partial charge on any atom is -0.284 e. The number of amides is 1. The highest BCUT2D eigenvalue weighted by Crippen LogP contribution is 2.31. The molecule has 2 aromatic carbocycles. The summed E-state index contributed by atoms with van der Waals surface area (Å²) in [5.74, 6) is -2.06. The first-order chi connectivity index (χ1) is 12.0. The lowest BCUT2D eigenvalue weighted by Gasteiger charge is -2.20. The normalized spacial score (nSPS) is 11.0. The lowest BCUT2D eigenvalue weighted by atomic mass is 10.1. The zero-order chi connectivity index (χ0) is 18.0. The van der Waals surface area contributed by atoms with Crippen LogP contribution >= 0.6 is 11.3 Å². The Morgan fingerprint density at radius 3 is 2.72 bits per heavy atom. The second-order valence-electron chi connectivity index (χ2n) is 5.90. The Labute approximate surface area is 148 Å². The molecule has 0 fully saturated rings. The molecule has 6 heteroatoms. The third kappa shape index (κ3) is 3.69. The number of fused-ring (bicyclic) bond motifs is 1. The molecule has 0 N–H and O–H groups in total. The van der Waals surface area contributed by atoms with E-state index in [1.54, 1.807) is 0 Å². The number of hydrogen-bond donors (Lipinski definition) is 0. The van der Waals surface area contributed by atoms with Gasteiger partial charge in [0.2, 0.25) is 0 Å². The highest BCUT2D eigenvalue weighted by atomic mass is 32.1. The fourth-order valence-corrected chi connectivity index (χ4v) is 3.63. The number of benzene rings is 2. The second-order valence-corrected chi connectivity index (χ2v) is 6.91. The Hall–Kier alpha value is -2.34. The van der Waals surface area contributed by atoms with E-state index in [4.69, 9.17) is 0 Å². The van der Waals surface area contributed by atoms with Gasteiger partial charge >= 0.3 is 0 Å². The zero-order valence-electron chi connectivity index (χ0n) is 14.1. The molecule has 3 nitrogen and oxygen atoms in total. The summed E-state index contributed by atoms with van der Waals surface area (Å²) in [6.45, 7) is 4.44. The highest BCUT2D eigenvalue weighted by Gasteiger charge is 2.23. The fourth-order valence-electron chi connectivity index (χ4n) is 2.54. The number of aromatic nitrogens is 1. The molecule has 0 saturated heterocycles. The molecule has 0 saturated carbocycles. The number of nitrogens with zero attached hydrogens (tertiary/aromatic N) is 2. The summed E-state index contributed by atoms with van der Waals surface area (Å²) in [6, 6.07) is 8.89. The Morgan fingerprint density at radius 1 is 1.20 bits per heavy atom. The Kier molecular flexibility index (Phi) is 5.08. The maximum atomic E-state index is 14.1. The van der Waals surface area contributed by atoms with Crippen LogP contribution in [0.3, 0.4) is 0 Å². The molecule has 25 heavy (non-hydrogen) atoms. The second kappa shape index (κ2) is 7.27. The maximum Gasteiger partial charge on any atom is 0.263 e. The molecule has 1 amide bonds. The quantitative estimate of drug-likeness (QED) is 0.616. The Bertz CT molecular complexity index is 923. The summed E-state index contributed by atoms with van der Waals surface area (Å²) in [4.78, 5) is 18.9. The molecule has 0 radical (unpaired) electrons. The topological polar surface area (TPSA) is 33.2 Å². The minimum atomic E-state index is -0.858. The summed E-state index contributed by atoms with van der Waals surface area (Å²) >= 11 is 1.40. The van der Waals surface area contributed by atoms with E-state index in [0.717, 1.165) is 40.8 Å². The molecule has 1 heterocycles. The third-order valence-electron chi connectivity index (χ3n) is 3.91. The van der Waals surface area contributed by atoms with E-state index >= 15 is 0 Å². The number of unbranched alkanes of at least 4 members (excludes halogenated alkanes) is 1. The van der Waals surface area contributed by atoms with Crippen LogP contribution in [0.15, 0.2) is 36.4 Å². The summed E-state index contributed by atoms with van der Waals surface area (Å²) in [6.07, 6.45) is 1.66. The van der Waals surface area contributed by atoms with Crippen molar-refractivity contribution in [1.29, 1.82) is 0 Å². The molecular formula is C19H18F2N2OS. The maximum absolute atomic E-state index is 14.1. The molecule has 0 spiro atoms. The zero-order valence-corrected chi connectivity index (χ0v) is 14.9. The van der Waals surface area contributed by atoms with Crippen LogP contribution in [-0.2, 0) is 0 Å². The summed E-state index contributed by atoms with van der Waals surface area (Å²) in [5, 5.41) is 0.530. The Balaban J connectivity index is 2.01. The standard InChI is InChI=1S/C19H18F2N2OS/c1-3-4-9-23(18(24)14-7-6-13(20)11-15(14)21)19-22-16-8-5-12(2)10-17(16)25-19/h5-8,10-11H,3-4,9H2,1-2H3. The SMILES string of the molecule is CCCCN(C(=O)c1ccc(F)cc1F)c1nc2ccc(C)cc2s1. The van der Waals surface area contributed by atoms with Crippen LogP contribution in [-0.4, -0.2) is 17.4 Å². The molecule has 0 atom stereocenters. The molecule has 0 aliphatic carbocycles. The first kappa shape index (κ1) is 17.5. The number of halogens is 2. The molecule has 0 unspecified atom stereocenters. The van der Waals surface area contributed by atoms with E-state index in [-0.39, 0.29) is 5.56 Å². The summed E-state index contributed by atoms with van der Waals surface area (Å²) in [5.41, 5.74) is 1.77. The first-order valence-corrected chi connectivity index (χ1v) is 8.95. The number of carbonyl (C=O) groups is 1. The van der Waals surface area contributed by atoms with Gasteiger partial charge in [-0.2, -0.15) is 0 Å². The molecule has 3 rings (SSSR count). The van der Waals surface area contributed by atoms with Crippen LogP contribution in [0.4, 0.5) is 13.9 Å². The summed E-state index contributed by atoms with van der Waals surface area (Å²) in [7, 11) is 0. The Morgan fingerprint density at radius 2 is 2.00 bits per heavy atom. The van der Waals surface area contributed by atoms with Crippen molar-refractivity contribution >= 4 is 32.6 Å². The largest absolute Gasteiger partial charge is 0.284 e. The molecule has 1 aromatic heterocycles. The van der Waals surface area contributed by atoms with Gasteiger partial charge < -0.3 is 0 Å². The number of hydrogen-bond acceptors (Lipinski definition) is 3. The van der Waals surface area contributed by atoms with Gasteiger partial charge in [0, 0.05) is 12.6 Å². The molecule has 130 valence electrons. The minimum absolute atomic E-state index is 0.145. The van der Waals surface area contributed by atoms with Crippen LogP contribution < -0.4 is 4.90 Å². The van der Waals surface area contributed by atoms with Crippen molar-refractivity contribution in [3.8, 4) is 0 Å². The molecular weight excluding hydrogens is 342 g/mol. The van der Waals surface area contributed by atoms with Crippen LogP contribution in [0.2, 0.25) is 0 Å². The van der Waals surface area contributed by atoms with E-state index in [1.807, 2.05) is 32.0 Å². The van der Waals surface area contributed by atoms with E-state index < -0.39 is 17.5 Å². The van der Waals surface area contributed by atoms with Crippen LogP contribution in [0.25, 0.3) is 10.2 Å². The van der Waals surface area contributed by atoms with Gasteiger partial charge in [0.1, 0.15) is 11.6 Å². The number of carbonyl (C=O) groups excluding carboxylic acids is 1. The van der Waals surface area contributed by atoms with Gasteiger partial charge in [-0.1, -0.05) is 30.7 Å². The van der Waals surface area contributed by atoms with Crippen molar-refractivity contribution in [2.45, 2.75) is 26.7 Å². The highest BCUT2D eigenvalue weighted by molar-refractivity contribution is 7.22. The predicted octanol–water partition coefficient (Wildman–Crippen LogP) is 5.33. The third-order valence-corrected chi connectivity index (χ3v) is 4.95. The van der Waals surface area contributed by atoms with Gasteiger partial charge in [0.25, 0.3) is 5.91 Å². The van der Waals surface area contributed by atoms with Gasteiger partial charge in [-0.05, 0) is 43.2 Å². The van der Waals surface area contributed by atoms with Gasteiger partial charge in [-0.3, -0.25) is 9.69 Å². The van der Waals surface area contributed by atoms with Gasteiger partial charge in [-0.15, -0.1) is 0 Å². The average molecular weight is 360 g/mol. The van der Waals surface area contributed by atoms with Crippen LogP contribution in [0, 0.1) is 18.6 Å². The van der Waals surface area contributed by atoms with Crippen molar-refractivity contribution in [1.82, 2.24) is 4.98 Å². The smallest absolute Gasteiger partial charge is 0.263 e. The first-order valence-electron chi connectivity index (χ1n) is 8.13. The molecule has 0 aliphatic rings. The molecule has 0 aliphatic heterocycles. The number of rotatable bonds is 5. The van der Waals surface area contributed by atoms with E-state index in [2.05, 4.69) is 4.98 Å². The molecule has 3 aromatic rings. The van der Waals surface area contributed by atoms with Crippen molar-refractivity contribution in [3.63, 3.8) is 0 Å². The number of aryl methyl sites for hydroxylation is 1. The average Bonchev–Trinajstić information content (AvgIpc) is 2.97. The lowest BCUT2D eigenvalue weighted by Crippen LogP contribution is -2.32.